The SMILES string of the molecule is NNC(CCC1CCCO1)C1CCSC1. The van der Waals surface area contributed by atoms with Crippen LogP contribution >= 0.6 is 11.8 Å². The molecule has 0 spiro atoms. The van der Waals surface area contributed by atoms with Gasteiger partial charge < -0.3 is 4.74 Å². The highest BCUT2D eigenvalue weighted by molar-refractivity contribution is 7.99. The van der Waals surface area contributed by atoms with Crippen molar-refractivity contribution in [2.75, 3.05) is 18.1 Å². The molecule has 3 unspecified atom stereocenters. The zero-order valence-corrected chi connectivity index (χ0v) is 10.1. The third-order valence-corrected chi connectivity index (χ3v) is 4.76. The minimum absolute atomic E-state index is 0.504. The van der Waals surface area contributed by atoms with E-state index in [-0.39, 0.29) is 0 Å². The van der Waals surface area contributed by atoms with Gasteiger partial charge in [0.05, 0.1) is 6.10 Å². The Balaban J connectivity index is 1.69. The molecule has 0 aromatic carbocycles. The first-order valence-electron chi connectivity index (χ1n) is 6.05. The summed E-state index contributed by atoms with van der Waals surface area (Å²) < 4.78 is 5.64. The maximum atomic E-state index is 5.64. The lowest BCUT2D eigenvalue weighted by Crippen LogP contribution is -2.41. The molecule has 2 rings (SSSR count). The van der Waals surface area contributed by atoms with E-state index in [2.05, 4.69) is 17.2 Å². The summed E-state index contributed by atoms with van der Waals surface area (Å²) in [5.74, 6) is 9.00. The Hall–Kier alpha value is 0.230. The summed E-state index contributed by atoms with van der Waals surface area (Å²) in [6.45, 7) is 0.963. The zero-order chi connectivity index (χ0) is 10.5. The number of thioether (sulfide) groups is 1. The van der Waals surface area contributed by atoms with Gasteiger partial charge in [0.25, 0.3) is 0 Å². The Kier molecular flexibility index (Phi) is 4.75. The van der Waals surface area contributed by atoms with E-state index >= 15 is 0 Å². The molecular formula is C11H22N2OS. The monoisotopic (exact) mass is 230 g/mol. The van der Waals surface area contributed by atoms with Gasteiger partial charge in [-0.25, -0.2) is 0 Å². The van der Waals surface area contributed by atoms with Crippen molar-refractivity contribution in [3.05, 3.63) is 0 Å². The second-order valence-electron chi connectivity index (χ2n) is 4.61. The van der Waals surface area contributed by atoms with Crippen LogP contribution in [0.25, 0.3) is 0 Å². The molecule has 0 aliphatic carbocycles. The van der Waals surface area contributed by atoms with E-state index in [0.717, 1.165) is 12.5 Å². The van der Waals surface area contributed by atoms with Gasteiger partial charge >= 0.3 is 0 Å². The molecule has 0 radical (unpaired) electrons. The van der Waals surface area contributed by atoms with Crippen LogP contribution in [-0.4, -0.2) is 30.3 Å². The smallest absolute Gasteiger partial charge is 0.0576 e. The second-order valence-corrected chi connectivity index (χ2v) is 5.76. The van der Waals surface area contributed by atoms with Crippen LogP contribution in [0.15, 0.2) is 0 Å². The van der Waals surface area contributed by atoms with Gasteiger partial charge in [-0.3, -0.25) is 11.3 Å². The summed E-state index contributed by atoms with van der Waals surface area (Å²) in [4.78, 5) is 0. The Morgan fingerprint density at radius 1 is 1.47 bits per heavy atom. The van der Waals surface area contributed by atoms with Gasteiger partial charge in [0.1, 0.15) is 0 Å². The number of nitrogens with two attached hydrogens (primary N) is 1. The van der Waals surface area contributed by atoms with Gasteiger partial charge in [0, 0.05) is 12.6 Å². The van der Waals surface area contributed by atoms with Crippen molar-refractivity contribution in [3.63, 3.8) is 0 Å². The number of hydrogen-bond acceptors (Lipinski definition) is 4. The Bertz CT molecular complexity index is 179. The molecule has 0 amide bonds. The highest BCUT2D eigenvalue weighted by atomic mass is 32.2. The second kappa shape index (κ2) is 6.09. The molecule has 0 saturated carbocycles. The van der Waals surface area contributed by atoms with Gasteiger partial charge in [-0.05, 0) is 49.5 Å². The van der Waals surface area contributed by atoms with E-state index in [4.69, 9.17) is 10.6 Å². The number of hydrazine groups is 1. The first-order chi connectivity index (χ1) is 7.40. The molecule has 0 aromatic heterocycles. The number of hydrogen-bond donors (Lipinski definition) is 2. The van der Waals surface area contributed by atoms with Crippen molar-refractivity contribution in [2.24, 2.45) is 11.8 Å². The van der Waals surface area contributed by atoms with E-state index in [0.29, 0.717) is 12.1 Å². The minimum Gasteiger partial charge on any atom is -0.378 e. The lowest BCUT2D eigenvalue weighted by molar-refractivity contribution is 0.0976. The highest BCUT2D eigenvalue weighted by Crippen LogP contribution is 2.29. The quantitative estimate of drug-likeness (QED) is 0.555. The average molecular weight is 230 g/mol. The lowest BCUT2D eigenvalue weighted by Gasteiger charge is -2.23. The van der Waals surface area contributed by atoms with Gasteiger partial charge in [-0.15, -0.1) is 0 Å². The van der Waals surface area contributed by atoms with Crippen molar-refractivity contribution in [1.82, 2.24) is 5.43 Å². The number of rotatable bonds is 5. The summed E-state index contributed by atoms with van der Waals surface area (Å²) >= 11 is 2.06. The molecule has 4 heteroatoms. The van der Waals surface area contributed by atoms with E-state index in [1.807, 2.05) is 0 Å². The van der Waals surface area contributed by atoms with Crippen LogP contribution in [0.5, 0.6) is 0 Å². The first kappa shape index (κ1) is 11.7. The molecule has 2 heterocycles. The number of ether oxygens (including phenoxy) is 1. The fraction of sp³-hybridized carbons (Fsp3) is 1.00. The largest absolute Gasteiger partial charge is 0.378 e. The van der Waals surface area contributed by atoms with Crippen LogP contribution in [0.1, 0.15) is 32.1 Å². The maximum absolute atomic E-state index is 5.64. The van der Waals surface area contributed by atoms with E-state index < -0.39 is 0 Å². The van der Waals surface area contributed by atoms with Gasteiger partial charge in [0.2, 0.25) is 0 Å². The van der Waals surface area contributed by atoms with Crippen LogP contribution in [0.3, 0.4) is 0 Å². The molecule has 2 saturated heterocycles. The van der Waals surface area contributed by atoms with Crippen LogP contribution < -0.4 is 11.3 Å². The van der Waals surface area contributed by atoms with Gasteiger partial charge in [-0.2, -0.15) is 11.8 Å². The Morgan fingerprint density at radius 2 is 2.40 bits per heavy atom. The summed E-state index contributed by atoms with van der Waals surface area (Å²) in [5, 5.41) is 0. The molecule has 88 valence electrons. The van der Waals surface area contributed by atoms with E-state index in [9.17, 15) is 0 Å². The normalized spacial score (nSPS) is 33.4. The molecule has 3 atom stereocenters. The van der Waals surface area contributed by atoms with Gasteiger partial charge in [0.15, 0.2) is 0 Å². The number of nitrogens with one attached hydrogen (secondary N) is 1. The predicted octanol–water partition coefficient (Wildman–Crippen LogP) is 1.53. The third-order valence-electron chi connectivity index (χ3n) is 3.57. The first-order valence-corrected chi connectivity index (χ1v) is 7.21. The summed E-state index contributed by atoms with van der Waals surface area (Å²) in [7, 11) is 0. The van der Waals surface area contributed by atoms with Crippen molar-refractivity contribution >= 4 is 11.8 Å². The van der Waals surface area contributed by atoms with Crippen molar-refractivity contribution < 1.29 is 4.74 Å². The van der Waals surface area contributed by atoms with E-state index in [1.54, 1.807) is 0 Å². The van der Waals surface area contributed by atoms with Crippen molar-refractivity contribution in [1.29, 1.82) is 0 Å². The summed E-state index contributed by atoms with van der Waals surface area (Å²) in [5.41, 5.74) is 3.00. The topological polar surface area (TPSA) is 47.3 Å². The Labute approximate surface area is 96.5 Å². The summed E-state index contributed by atoms with van der Waals surface area (Å²) in [6, 6.07) is 0.504. The molecule has 15 heavy (non-hydrogen) atoms. The van der Waals surface area contributed by atoms with Crippen molar-refractivity contribution in [2.45, 2.75) is 44.2 Å². The zero-order valence-electron chi connectivity index (χ0n) is 9.28. The van der Waals surface area contributed by atoms with Crippen molar-refractivity contribution in [3.8, 4) is 0 Å². The molecule has 2 aliphatic heterocycles. The minimum atomic E-state index is 0.504. The maximum Gasteiger partial charge on any atom is 0.0576 e. The van der Waals surface area contributed by atoms with Crippen LogP contribution in [0, 0.1) is 5.92 Å². The van der Waals surface area contributed by atoms with Crippen LogP contribution in [-0.2, 0) is 4.74 Å². The van der Waals surface area contributed by atoms with Crippen LogP contribution in [0.2, 0.25) is 0 Å². The predicted molar refractivity (Wildman–Crippen MR) is 64.8 cm³/mol. The summed E-state index contributed by atoms with van der Waals surface area (Å²) in [6.07, 6.45) is 6.67. The van der Waals surface area contributed by atoms with Crippen LogP contribution in [0.4, 0.5) is 0 Å². The van der Waals surface area contributed by atoms with E-state index in [1.165, 1.54) is 43.6 Å². The highest BCUT2D eigenvalue weighted by Gasteiger charge is 2.26. The molecule has 0 aromatic rings. The fourth-order valence-corrected chi connectivity index (χ4v) is 3.90. The lowest BCUT2D eigenvalue weighted by atomic mass is 9.94. The molecule has 2 aliphatic rings. The average Bonchev–Trinajstić information content (AvgIpc) is 2.90. The molecular weight excluding hydrogens is 208 g/mol. The van der Waals surface area contributed by atoms with Gasteiger partial charge in [-0.1, -0.05) is 0 Å². The third kappa shape index (κ3) is 3.34. The molecule has 0 bridgehead atoms. The molecule has 2 fully saturated rings. The fourth-order valence-electron chi connectivity index (χ4n) is 2.56. The standard InChI is InChI=1S/C11H22N2OS/c12-13-11(9-5-7-15-8-9)4-3-10-2-1-6-14-10/h9-11,13H,1-8,12H2. The Morgan fingerprint density at radius 3 is 3.00 bits per heavy atom. The molecule has 3 nitrogen and oxygen atoms in total. The molecule has 3 N–H and O–H groups in total.